The Bertz CT molecular complexity index is 606. The zero-order valence-electron chi connectivity index (χ0n) is 17.5. The first-order valence-corrected chi connectivity index (χ1v) is 9.84. The zero-order valence-corrected chi connectivity index (χ0v) is 17.5. The summed E-state index contributed by atoms with van der Waals surface area (Å²) in [5, 5.41) is 6.97. The lowest BCUT2D eigenvalue weighted by Crippen LogP contribution is -2.21. The van der Waals surface area contributed by atoms with Crippen molar-refractivity contribution in [1.29, 1.82) is 0 Å². The van der Waals surface area contributed by atoms with Crippen LogP contribution in [0.5, 0.6) is 11.5 Å². The van der Waals surface area contributed by atoms with E-state index >= 15 is 0 Å². The lowest BCUT2D eigenvalue weighted by Gasteiger charge is -2.19. The van der Waals surface area contributed by atoms with E-state index in [1.165, 1.54) is 0 Å². The van der Waals surface area contributed by atoms with E-state index in [2.05, 4.69) is 52.2 Å². The van der Waals surface area contributed by atoms with Crippen molar-refractivity contribution in [3.63, 3.8) is 0 Å². The molecule has 2 N–H and O–H groups in total. The van der Waals surface area contributed by atoms with Gasteiger partial charge in [-0.1, -0.05) is 27.7 Å². The van der Waals surface area contributed by atoms with Gasteiger partial charge in [-0.25, -0.2) is 0 Å². The molecule has 0 radical (unpaired) electrons. The summed E-state index contributed by atoms with van der Waals surface area (Å²) in [6.45, 7) is 13.4. The highest BCUT2D eigenvalue weighted by Gasteiger charge is 2.07. The minimum atomic E-state index is 0.185. The summed E-state index contributed by atoms with van der Waals surface area (Å²) in [6.07, 6.45) is 0. The van der Waals surface area contributed by atoms with Gasteiger partial charge in [0, 0.05) is 23.5 Å². The van der Waals surface area contributed by atoms with Crippen molar-refractivity contribution >= 4 is 11.4 Å². The van der Waals surface area contributed by atoms with Gasteiger partial charge in [-0.05, 0) is 74.2 Å². The normalized spacial score (nSPS) is 13.3. The highest BCUT2D eigenvalue weighted by Crippen LogP contribution is 2.20. The standard InChI is InChI=1S/C23H34N2O2/c1-16(2)18(5)24-20-7-11-22(12-8-20)26-15-27-23-13-9-21(10-14-23)25-19(6)17(3)4/h7-14,16-19,24-25H,15H2,1-6H3. The first-order valence-electron chi connectivity index (χ1n) is 9.84. The van der Waals surface area contributed by atoms with Crippen LogP contribution in [0, 0.1) is 11.8 Å². The van der Waals surface area contributed by atoms with Crippen LogP contribution in [0.4, 0.5) is 11.4 Å². The van der Waals surface area contributed by atoms with Gasteiger partial charge in [0.2, 0.25) is 6.79 Å². The molecule has 0 aliphatic rings. The summed E-state index contributed by atoms with van der Waals surface area (Å²) in [7, 11) is 0. The van der Waals surface area contributed by atoms with E-state index in [1.54, 1.807) is 0 Å². The summed E-state index contributed by atoms with van der Waals surface area (Å²) in [4.78, 5) is 0. The summed E-state index contributed by atoms with van der Waals surface area (Å²) in [6, 6.07) is 16.8. The lowest BCUT2D eigenvalue weighted by molar-refractivity contribution is 0.120. The maximum Gasteiger partial charge on any atom is 0.230 e. The van der Waals surface area contributed by atoms with Gasteiger partial charge in [0.1, 0.15) is 11.5 Å². The van der Waals surface area contributed by atoms with Gasteiger partial charge in [-0.15, -0.1) is 0 Å². The fraction of sp³-hybridized carbons (Fsp3) is 0.478. The Hall–Kier alpha value is -2.36. The molecule has 0 bridgehead atoms. The van der Waals surface area contributed by atoms with Gasteiger partial charge in [-0.3, -0.25) is 0 Å². The molecule has 27 heavy (non-hydrogen) atoms. The molecule has 2 aromatic carbocycles. The van der Waals surface area contributed by atoms with E-state index in [0.29, 0.717) is 23.9 Å². The highest BCUT2D eigenvalue weighted by molar-refractivity contribution is 5.48. The predicted molar refractivity (Wildman–Crippen MR) is 115 cm³/mol. The van der Waals surface area contributed by atoms with Crippen LogP contribution >= 0.6 is 0 Å². The Morgan fingerprint density at radius 3 is 1.22 bits per heavy atom. The number of ether oxygens (including phenoxy) is 2. The quantitative estimate of drug-likeness (QED) is 0.502. The first-order chi connectivity index (χ1) is 12.8. The number of hydrogen-bond acceptors (Lipinski definition) is 4. The van der Waals surface area contributed by atoms with E-state index in [9.17, 15) is 0 Å². The van der Waals surface area contributed by atoms with Crippen LogP contribution in [0.15, 0.2) is 48.5 Å². The third-order valence-electron chi connectivity index (χ3n) is 4.95. The molecule has 0 aromatic heterocycles. The van der Waals surface area contributed by atoms with Crippen LogP contribution in [0.3, 0.4) is 0 Å². The molecule has 2 unspecified atom stereocenters. The average molecular weight is 371 g/mol. The molecule has 0 spiro atoms. The molecule has 0 heterocycles. The zero-order chi connectivity index (χ0) is 19.8. The second-order valence-electron chi connectivity index (χ2n) is 7.81. The fourth-order valence-corrected chi connectivity index (χ4v) is 2.32. The molecule has 0 amide bonds. The number of nitrogens with one attached hydrogen (secondary N) is 2. The molecule has 4 heteroatoms. The van der Waals surface area contributed by atoms with Gasteiger partial charge in [0.05, 0.1) is 0 Å². The monoisotopic (exact) mass is 370 g/mol. The third kappa shape index (κ3) is 7.05. The van der Waals surface area contributed by atoms with Crippen molar-refractivity contribution in [2.45, 2.75) is 53.6 Å². The van der Waals surface area contributed by atoms with Crippen LogP contribution in [-0.2, 0) is 0 Å². The van der Waals surface area contributed by atoms with E-state index < -0.39 is 0 Å². The van der Waals surface area contributed by atoms with Gasteiger partial charge in [-0.2, -0.15) is 0 Å². The molecule has 0 saturated heterocycles. The van der Waals surface area contributed by atoms with Crippen molar-refractivity contribution in [3.8, 4) is 11.5 Å². The Morgan fingerprint density at radius 2 is 0.926 bits per heavy atom. The summed E-state index contributed by atoms with van der Waals surface area (Å²) < 4.78 is 11.4. The average Bonchev–Trinajstić information content (AvgIpc) is 2.64. The highest BCUT2D eigenvalue weighted by atomic mass is 16.7. The second kappa shape index (κ2) is 10.1. The molecule has 0 aliphatic heterocycles. The van der Waals surface area contributed by atoms with Crippen LogP contribution in [0.2, 0.25) is 0 Å². The molecule has 4 nitrogen and oxygen atoms in total. The molecule has 2 rings (SSSR count). The largest absolute Gasteiger partial charge is 0.458 e. The molecule has 148 valence electrons. The van der Waals surface area contributed by atoms with E-state index in [4.69, 9.17) is 9.47 Å². The van der Waals surface area contributed by atoms with Crippen molar-refractivity contribution in [3.05, 3.63) is 48.5 Å². The van der Waals surface area contributed by atoms with Crippen LogP contribution < -0.4 is 20.1 Å². The predicted octanol–water partition coefficient (Wildman–Crippen LogP) is 6.01. The van der Waals surface area contributed by atoms with Gasteiger partial charge < -0.3 is 20.1 Å². The molecule has 0 aliphatic carbocycles. The molecule has 0 saturated carbocycles. The van der Waals surface area contributed by atoms with Gasteiger partial charge in [0.25, 0.3) is 0 Å². The lowest BCUT2D eigenvalue weighted by atomic mass is 10.1. The summed E-state index contributed by atoms with van der Waals surface area (Å²) in [5.74, 6) is 2.76. The maximum absolute atomic E-state index is 5.68. The Labute approximate surface area is 164 Å². The van der Waals surface area contributed by atoms with E-state index in [0.717, 1.165) is 22.9 Å². The van der Waals surface area contributed by atoms with E-state index in [-0.39, 0.29) is 6.79 Å². The van der Waals surface area contributed by atoms with Crippen molar-refractivity contribution in [2.75, 3.05) is 17.4 Å². The van der Waals surface area contributed by atoms with Crippen LogP contribution in [-0.4, -0.2) is 18.9 Å². The molecular weight excluding hydrogens is 336 g/mol. The minimum Gasteiger partial charge on any atom is -0.458 e. The third-order valence-corrected chi connectivity index (χ3v) is 4.95. The minimum absolute atomic E-state index is 0.185. The number of hydrogen-bond donors (Lipinski definition) is 2. The second-order valence-corrected chi connectivity index (χ2v) is 7.81. The van der Waals surface area contributed by atoms with Crippen molar-refractivity contribution in [1.82, 2.24) is 0 Å². The summed E-state index contributed by atoms with van der Waals surface area (Å²) >= 11 is 0. The topological polar surface area (TPSA) is 42.5 Å². The Balaban J connectivity index is 1.77. The number of anilines is 2. The Morgan fingerprint density at radius 1 is 0.593 bits per heavy atom. The summed E-state index contributed by atoms with van der Waals surface area (Å²) in [5.41, 5.74) is 2.20. The first kappa shape index (κ1) is 20.9. The molecule has 2 atom stereocenters. The number of benzene rings is 2. The SMILES string of the molecule is CC(C)C(C)Nc1ccc(OCOc2ccc(NC(C)C(C)C)cc2)cc1. The van der Waals surface area contributed by atoms with Crippen molar-refractivity contribution in [2.24, 2.45) is 11.8 Å². The van der Waals surface area contributed by atoms with Crippen LogP contribution in [0.1, 0.15) is 41.5 Å². The fourth-order valence-electron chi connectivity index (χ4n) is 2.32. The maximum atomic E-state index is 5.68. The molecule has 0 fully saturated rings. The smallest absolute Gasteiger partial charge is 0.230 e. The van der Waals surface area contributed by atoms with Gasteiger partial charge in [0.15, 0.2) is 0 Å². The Kier molecular flexibility index (Phi) is 7.83. The van der Waals surface area contributed by atoms with E-state index in [1.807, 2.05) is 48.5 Å². The molecular formula is C23H34N2O2. The van der Waals surface area contributed by atoms with Crippen molar-refractivity contribution < 1.29 is 9.47 Å². The molecule has 2 aromatic rings. The number of rotatable bonds is 10. The van der Waals surface area contributed by atoms with Gasteiger partial charge >= 0.3 is 0 Å². The van der Waals surface area contributed by atoms with Crippen LogP contribution in [0.25, 0.3) is 0 Å².